The third-order valence-corrected chi connectivity index (χ3v) is 6.25. The quantitative estimate of drug-likeness (QED) is 0.490. The van der Waals surface area contributed by atoms with Crippen LogP contribution in [-0.2, 0) is 21.4 Å². The number of ketones is 1. The van der Waals surface area contributed by atoms with Crippen molar-refractivity contribution in [2.75, 3.05) is 5.32 Å². The second-order valence-electron chi connectivity index (χ2n) is 7.20. The number of furan rings is 1. The highest BCUT2D eigenvalue weighted by Crippen LogP contribution is 2.17. The standard InChI is InChI=1S/C23H24N2O5S/c1-16-8-9-18(13-17(16)2)22(26)10-11-23(27)25-19-5-3-7-21(14-19)31(28,29)24-15-20-6-4-12-30-20/h3-9,12-14,24H,10-11,15H2,1-2H3,(H,25,27). The largest absolute Gasteiger partial charge is 0.468 e. The molecule has 1 aromatic heterocycles. The lowest BCUT2D eigenvalue weighted by Crippen LogP contribution is -2.23. The van der Waals surface area contributed by atoms with Crippen molar-refractivity contribution in [1.29, 1.82) is 0 Å². The van der Waals surface area contributed by atoms with Gasteiger partial charge in [-0.1, -0.05) is 18.2 Å². The fraction of sp³-hybridized carbons (Fsp3) is 0.217. The van der Waals surface area contributed by atoms with Crippen molar-refractivity contribution in [3.63, 3.8) is 0 Å². The second-order valence-corrected chi connectivity index (χ2v) is 8.97. The normalized spacial score (nSPS) is 11.3. The van der Waals surface area contributed by atoms with Crippen molar-refractivity contribution in [2.45, 2.75) is 38.1 Å². The zero-order valence-electron chi connectivity index (χ0n) is 17.3. The first kappa shape index (κ1) is 22.5. The fourth-order valence-electron chi connectivity index (χ4n) is 2.91. The first-order valence-electron chi connectivity index (χ1n) is 9.77. The monoisotopic (exact) mass is 440 g/mol. The molecule has 0 atom stereocenters. The Labute approximate surface area is 181 Å². The third kappa shape index (κ3) is 6.13. The summed E-state index contributed by atoms with van der Waals surface area (Å²) >= 11 is 0. The number of rotatable bonds is 9. The molecule has 8 heteroatoms. The molecule has 1 amide bonds. The van der Waals surface area contributed by atoms with Crippen molar-refractivity contribution < 1.29 is 22.4 Å². The number of hydrogen-bond acceptors (Lipinski definition) is 5. The highest BCUT2D eigenvalue weighted by atomic mass is 32.2. The minimum Gasteiger partial charge on any atom is -0.468 e. The molecular weight excluding hydrogens is 416 g/mol. The summed E-state index contributed by atoms with van der Waals surface area (Å²) in [5.74, 6) is 0.00782. The van der Waals surface area contributed by atoms with E-state index in [1.54, 1.807) is 24.3 Å². The van der Waals surface area contributed by atoms with E-state index in [1.807, 2.05) is 26.0 Å². The fourth-order valence-corrected chi connectivity index (χ4v) is 3.95. The molecule has 0 aliphatic heterocycles. The van der Waals surface area contributed by atoms with Crippen LogP contribution in [0.5, 0.6) is 0 Å². The van der Waals surface area contributed by atoms with Gasteiger partial charge in [0.05, 0.1) is 17.7 Å². The van der Waals surface area contributed by atoms with Crippen LogP contribution in [0.2, 0.25) is 0 Å². The summed E-state index contributed by atoms with van der Waals surface area (Å²) < 4.78 is 32.5. The minimum absolute atomic E-state index is 0.000517. The summed E-state index contributed by atoms with van der Waals surface area (Å²) in [4.78, 5) is 24.6. The number of carbonyl (C=O) groups is 2. The number of amides is 1. The number of Topliss-reactive ketones (excluding diaryl/α,β-unsaturated/α-hetero) is 1. The summed E-state index contributed by atoms with van der Waals surface area (Å²) in [5, 5.41) is 2.65. The molecule has 3 rings (SSSR count). The maximum Gasteiger partial charge on any atom is 0.241 e. The van der Waals surface area contributed by atoms with E-state index in [4.69, 9.17) is 4.42 Å². The summed E-state index contributed by atoms with van der Waals surface area (Å²) in [5.41, 5.74) is 3.04. The Morgan fingerprint density at radius 3 is 2.45 bits per heavy atom. The number of aryl methyl sites for hydroxylation is 2. The van der Waals surface area contributed by atoms with E-state index in [2.05, 4.69) is 10.0 Å². The number of hydrogen-bond donors (Lipinski definition) is 2. The van der Waals surface area contributed by atoms with Gasteiger partial charge < -0.3 is 9.73 Å². The van der Waals surface area contributed by atoms with E-state index in [-0.39, 0.29) is 36.0 Å². The zero-order chi connectivity index (χ0) is 22.4. The maximum absolute atomic E-state index is 12.5. The first-order chi connectivity index (χ1) is 14.7. The van der Waals surface area contributed by atoms with E-state index in [1.165, 1.54) is 24.5 Å². The number of benzene rings is 2. The summed E-state index contributed by atoms with van der Waals surface area (Å²) in [6.45, 7) is 3.92. The average molecular weight is 441 g/mol. The molecule has 162 valence electrons. The summed E-state index contributed by atoms with van der Waals surface area (Å²) in [6, 6.07) is 14.7. The molecular formula is C23H24N2O5S. The summed E-state index contributed by atoms with van der Waals surface area (Å²) in [7, 11) is -3.78. The Kier molecular flexibility index (Phi) is 7.04. The van der Waals surface area contributed by atoms with Crippen molar-refractivity contribution in [3.05, 3.63) is 83.3 Å². The topological polar surface area (TPSA) is 105 Å². The van der Waals surface area contributed by atoms with E-state index in [9.17, 15) is 18.0 Å². The Hall–Kier alpha value is -3.23. The van der Waals surface area contributed by atoms with Gasteiger partial charge in [0.15, 0.2) is 5.78 Å². The van der Waals surface area contributed by atoms with Gasteiger partial charge in [0.2, 0.25) is 15.9 Å². The van der Waals surface area contributed by atoms with Gasteiger partial charge >= 0.3 is 0 Å². The molecule has 3 aromatic rings. The lowest BCUT2D eigenvalue weighted by atomic mass is 10.0. The minimum atomic E-state index is -3.78. The number of sulfonamides is 1. The molecule has 1 heterocycles. The van der Waals surface area contributed by atoms with Crippen molar-refractivity contribution in [3.8, 4) is 0 Å². The van der Waals surface area contributed by atoms with Gasteiger partial charge in [-0.15, -0.1) is 0 Å². The van der Waals surface area contributed by atoms with E-state index >= 15 is 0 Å². The van der Waals surface area contributed by atoms with Gasteiger partial charge in [0, 0.05) is 24.1 Å². The second kappa shape index (κ2) is 9.72. The average Bonchev–Trinajstić information content (AvgIpc) is 3.26. The van der Waals surface area contributed by atoms with Gasteiger partial charge in [-0.05, 0) is 61.4 Å². The lowest BCUT2D eigenvalue weighted by Gasteiger charge is -2.09. The Morgan fingerprint density at radius 1 is 0.935 bits per heavy atom. The molecule has 0 bridgehead atoms. The maximum atomic E-state index is 12.5. The molecule has 0 aliphatic rings. The van der Waals surface area contributed by atoms with Crippen LogP contribution < -0.4 is 10.0 Å². The van der Waals surface area contributed by atoms with Gasteiger partial charge in [0.1, 0.15) is 5.76 Å². The molecule has 0 saturated heterocycles. The van der Waals surface area contributed by atoms with Crippen LogP contribution in [0.15, 0.2) is 70.2 Å². The molecule has 0 aliphatic carbocycles. The van der Waals surface area contributed by atoms with Crippen LogP contribution in [0, 0.1) is 13.8 Å². The predicted molar refractivity (Wildman–Crippen MR) is 117 cm³/mol. The van der Waals surface area contributed by atoms with Crippen LogP contribution >= 0.6 is 0 Å². The van der Waals surface area contributed by atoms with Gasteiger partial charge in [0.25, 0.3) is 0 Å². The lowest BCUT2D eigenvalue weighted by molar-refractivity contribution is -0.116. The predicted octanol–water partition coefficient (Wildman–Crippen LogP) is 3.98. The van der Waals surface area contributed by atoms with E-state index in [0.717, 1.165) is 11.1 Å². The number of nitrogens with one attached hydrogen (secondary N) is 2. The van der Waals surface area contributed by atoms with Crippen LogP contribution in [0.4, 0.5) is 5.69 Å². The Bertz CT molecular complexity index is 1180. The van der Waals surface area contributed by atoms with Crippen molar-refractivity contribution >= 4 is 27.4 Å². The van der Waals surface area contributed by atoms with Crippen LogP contribution in [0.25, 0.3) is 0 Å². The SMILES string of the molecule is Cc1ccc(C(=O)CCC(=O)Nc2cccc(S(=O)(=O)NCc3ccco3)c2)cc1C. The molecule has 7 nitrogen and oxygen atoms in total. The zero-order valence-corrected chi connectivity index (χ0v) is 18.2. The van der Waals surface area contributed by atoms with Crippen LogP contribution in [-0.4, -0.2) is 20.1 Å². The molecule has 31 heavy (non-hydrogen) atoms. The van der Waals surface area contributed by atoms with Crippen molar-refractivity contribution in [1.82, 2.24) is 4.72 Å². The molecule has 0 saturated carbocycles. The highest BCUT2D eigenvalue weighted by molar-refractivity contribution is 7.89. The van der Waals surface area contributed by atoms with Gasteiger partial charge in [-0.3, -0.25) is 9.59 Å². The highest BCUT2D eigenvalue weighted by Gasteiger charge is 2.16. The Balaban J connectivity index is 1.57. The number of carbonyl (C=O) groups excluding carboxylic acids is 2. The van der Waals surface area contributed by atoms with Gasteiger partial charge in [-0.25, -0.2) is 13.1 Å². The van der Waals surface area contributed by atoms with Crippen molar-refractivity contribution in [2.24, 2.45) is 0 Å². The van der Waals surface area contributed by atoms with Crippen LogP contribution in [0.3, 0.4) is 0 Å². The Morgan fingerprint density at radius 2 is 1.74 bits per heavy atom. The van der Waals surface area contributed by atoms with E-state index in [0.29, 0.717) is 17.0 Å². The molecule has 0 radical (unpaired) electrons. The molecule has 2 aromatic carbocycles. The number of anilines is 1. The smallest absolute Gasteiger partial charge is 0.241 e. The van der Waals surface area contributed by atoms with Gasteiger partial charge in [-0.2, -0.15) is 0 Å². The molecule has 0 fully saturated rings. The summed E-state index contributed by atoms with van der Waals surface area (Å²) in [6.07, 6.45) is 1.53. The molecule has 0 spiro atoms. The molecule has 2 N–H and O–H groups in total. The third-order valence-electron chi connectivity index (χ3n) is 4.85. The van der Waals surface area contributed by atoms with E-state index < -0.39 is 10.0 Å². The first-order valence-corrected chi connectivity index (χ1v) is 11.3. The van der Waals surface area contributed by atoms with Crippen LogP contribution in [0.1, 0.15) is 40.1 Å². The molecule has 0 unspecified atom stereocenters.